The summed E-state index contributed by atoms with van der Waals surface area (Å²) >= 11 is 7.44. The molecule has 0 amide bonds. The van der Waals surface area contributed by atoms with Gasteiger partial charge in [0.15, 0.2) is 5.13 Å². The summed E-state index contributed by atoms with van der Waals surface area (Å²) in [6.45, 7) is 9.05. The van der Waals surface area contributed by atoms with Crippen LogP contribution in [0, 0.1) is 0 Å². The van der Waals surface area contributed by atoms with E-state index in [0.29, 0.717) is 6.04 Å². The lowest BCUT2D eigenvalue weighted by molar-refractivity contribution is 0.161. The van der Waals surface area contributed by atoms with Gasteiger partial charge >= 0.3 is 0 Å². The average molecular weight is 340 g/mol. The molecule has 0 aliphatic carbocycles. The zero-order chi connectivity index (χ0) is 16.1. The van der Waals surface area contributed by atoms with Gasteiger partial charge in [-0.25, -0.2) is 15.0 Å². The van der Waals surface area contributed by atoms with Gasteiger partial charge < -0.3 is 10.2 Å². The van der Waals surface area contributed by atoms with Crippen molar-refractivity contribution in [3.05, 3.63) is 11.5 Å². The molecule has 5 nitrogen and oxygen atoms in total. The van der Waals surface area contributed by atoms with Gasteiger partial charge in [-0.2, -0.15) is 0 Å². The first-order chi connectivity index (χ1) is 10.2. The first-order valence-electron chi connectivity index (χ1n) is 7.46. The van der Waals surface area contributed by atoms with E-state index in [1.165, 1.54) is 0 Å². The number of nitrogens with zero attached hydrogens (tertiary/aromatic N) is 4. The Morgan fingerprint density at radius 1 is 1.23 bits per heavy atom. The molecule has 0 atom stereocenters. The summed E-state index contributed by atoms with van der Waals surface area (Å²) in [4.78, 5) is 16.1. The minimum Gasteiger partial charge on any atom is -0.348 e. The molecule has 0 spiro atoms. The Morgan fingerprint density at radius 2 is 1.86 bits per heavy atom. The van der Waals surface area contributed by atoms with Crippen molar-refractivity contribution in [2.45, 2.75) is 57.7 Å². The number of thiazole rings is 1. The largest absolute Gasteiger partial charge is 0.348 e. The van der Waals surface area contributed by atoms with Crippen molar-refractivity contribution in [3.63, 3.8) is 0 Å². The molecule has 0 radical (unpaired) electrons. The van der Waals surface area contributed by atoms with E-state index in [-0.39, 0.29) is 16.4 Å². The van der Waals surface area contributed by atoms with Crippen LogP contribution >= 0.6 is 22.9 Å². The molecule has 2 aromatic heterocycles. The maximum Gasteiger partial charge on any atom is 0.223 e. The molecule has 1 fully saturated rings. The number of halogens is 1. The number of rotatable bonds is 2. The van der Waals surface area contributed by atoms with Gasteiger partial charge in [-0.1, -0.05) is 11.3 Å². The minimum absolute atomic E-state index is 0.112. The van der Waals surface area contributed by atoms with Crippen LogP contribution < -0.4 is 10.2 Å². The highest BCUT2D eigenvalue weighted by Gasteiger charge is 2.39. The molecule has 1 saturated heterocycles. The lowest BCUT2D eigenvalue weighted by Gasteiger charge is -2.48. The van der Waals surface area contributed by atoms with Crippen molar-refractivity contribution in [3.8, 4) is 0 Å². The van der Waals surface area contributed by atoms with Crippen molar-refractivity contribution in [2.75, 3.05) is 11.9 Å². The van der Waals surface area contributed by atoms with E-state index in [4.69, 9.17) is 11.6 Å². The van der Waals surface area contributed by atoms with Gasteiger partial charge in [0.2, 0.25) is 5.28 Å². The topological polar surface area (TPSA) is 53.9 Å². The summed E-state index contributed by atoms with van der Waals surface area (Å²) in [6, 6.07) is 0.440. The first-order valence-corrected chi connectivity index (χ1v) is 8.66. The van der Waals surface area contributed by atoms with Gasteiger partial charge in [0, 0.05) is 24.2 Å². The van der Waals surface area contributed by atoms with Crippen LogP contribution in [0.2, 0.25) is 5.28 Å². The van der Waals surface area contributed by atoms with E-state index < -0.39 is 0 Å². The smallest absolute Gasteiger partial charge is 0.223 e. The van der Waals surface area contributed by atoms with Gasteiger partial charge in [-0.15, -0.1) is 0 Å². The molecule has 3 rings (SSSR count). The minimum atomic E-state index is 0.112. The summed E-state index contributed by atoms with van der Waals surface area (Å²) in [7, 11) is 2.12. The van der Waals surface area contributed by atoms with Gasteiger partial charge in [-0.05, 0) is 52.1 Å². The van der Waals surface area contributed by atoms with Crippen LogP contribution in [0.3, 0.4) is 0 Å². The molecule has 1 N–H and O–H groups in total. The van der Waals surface area contributed by atoms with Gasteiger partial charge in [0.05, 0.1) is 6.20 Å². The number of hydrogen-bond acceptors (Lipinski definition) is 6. The molecule has 22 heavy (non-hydrogen) atoms. The predicted molar refractivity (Wildman–Crippen MR) is 92.9 cm³/mol. The third kappa shape index (κ3) is 3.19. The van der Waals surface area contributed by atoms with E-state index in [0.717, 1.165) is 28.3 Å². The maximum atomic E-state index is 5.87. The predicted octanol–water partition coefficient (Wildman–Crippen LogP) is 3.49. The molecule has 120 valence electrons. The lowest BCUT2D eigenvalue weighted by atomic mass is 9.79. The number of hydrogen-bond donors (Lipinski definition) is 1. The third-order valence-electron chi connectivity index (χ3n) is 4.13. The van der Waals surface area contributed by atoms with Crippen molar-refractivity contribution in [2.24, 2.45) is 0 Å². The maximum absolute atomic E-state index is 5.87. The summed E-state index contributed by atoms with van der Waals surface area (Å²) in [5.74, 6) is 0. The zero-order valence-electron chi connectivity index (χ0n) is 13.6. The highest BCUT2D eigenvalue weighted by atomic mass is 35.5. The average Bonchev–Trinajstić information content (AvgIpc) is 2.76. The van der Waals surface area contributed by atoms with Crippen molar-refractivity contribution >= 4 is 38.4 Å². The molecule has 2 aromatic rings. The Hall–Kier alpha value is -0.980. The normalized spacial score (nSPS) is 21.2. The fourth-order valence-electron chi connectivity index (χ4n) is 3.55. The molecule has 7 heteroatoms. The van der Waals surface area contributed by atoms with Crippen LogP contribution in [0.25, 0.3) is 10.3 Å². The Balaban J connectivity index is 1.89. The number of fused-ring (bicyclic) bond motifs is 1. The SMILES string of the molecule is CN(c1nc2cnc(Cl)nc2s1)C1CC(C)(C)NC(C)(C)C1. The molecule has 0 bridgehead atoms. The fourth-order valence-corrected chi connectivity index (χ4v) is 4.68. The lowest BCUT2D eigenvalue weighted by Crippen LogP contribution is -2.61. The molecule has 1 aliphatic heterocycles. The Morgan fingerprint density at radius 3 is 2.50 bits per heavy atom. The van der Waals surface area contributed by atoms with Gasteiger partial charge in [-0.3, -0.25) is 0 Å². The standard InChI is InChI=1S/C15H22ClN5S/c1-14(2)6-9(7-15(3,4)20-14)21(5)13-18-10-8-17-12(16)19-11(10)22-13/h8-9,20H,6-7H2,1-5H3. The number of nitrogens with one attached hydrogen (secondary N) is 1. The van der Waals surface area contributed by atoms with Crippen molar-refractivity contribution < 1.29 is 0 Å². The van der Waals surface area contributed by atoms with Crippen LogP contribution in [-0.2, 0) is 0 Å². The van der Waals surface area contributed by atoms with Gasteiger partial charge in [0.25, 0.3) is 0 Å². The summed E-state index contributed by atoms with van der Waals surface area (Å²) in [5, 5.41) is 4.97. The Kier molecular flexibility index (Phi) is 3.82. The van der Waals surface area contributed by atoms with Gasteiger partial charge in [0.1, 0.15) is 10.3 Å². The second-order valence-electron chi connectivity index (χ2n) is 7.39. The van der Waals surface area contributed by atoms with Crippen molar-refractivity contribution in [1.29, 1.82) is 0 Å². The van der Waals surface area contributed by atoms with E-state index >= 15 is 0 Å². The van der Waals surface area contributed by atoms with E-state index in [1.54, 1.807) is 17.5 Å². The molecular weight excluding hydrogens is 318 g/mol. The quantitative estimate of drug-likeness (QED) is 0.849. The monoisotopic (exact) mass is 339 g/mol. The van der Waals surface area contributed by atoms with Crippen molar-refractivity contribution in [1.82, 2.24) is 20.3 Å². The Labute approximate surface area is 140 Å². The highest BCUT2D eigenvalue weighted by molar-refractivity contribution is 7.21. The van der Waals surface area contributed by atoms with Crippen LogP contribution in [-0.4, -0.2) is 39.1 Å². The van der Waals surface area contributed by atoms with Crippen LogP contribution in [0.5, 0.6) is 0 Å². The number of piperidine rings is 1. The molecule has 3 heterocycles. The molecular formula is C15H22ClN5S. The summed E-state index contributed by atoms with van der Waals surface area (Å²) < 4.78 is 0. The highest BCUT2D eigenvalue weighted by Crippen LogP contribution is 2.35. The Bertz CT molecular complexity index is 680. The summed E-state index contributed by atoms with van der Waals surface area (Å²) in [6.07, 6.45) is 3.85. The molecule has 0 aromatic carbocycles. The van der Waals surface area contributed by atoms with Crippen LogP contribution in [0.4, 0.5) is 5.13 Å². The third-order valence-corrected chi connectivity index (χ3v) is 5.37. The first kappa shape index (κ1) is 15.9. The fraction of sp³-hybridized carbons (Fsp3) is 0.667. The van der Waals surface area contributed by atoms with E-state index in [9.17, 15) is 0 Å². The van der Waals surface area contributed by atoms with E-state index in [1.807, 2.05) is 0 Å². The molecule has 0 unspecified atom stereocenters. The number of aromatic nitrogens is 3. The zero-order valence-corrected chi connectivity index (χ0v) is 15.2. The second-order valence-corrected chi connectivity index (χ2v) is 8.69. The van der Waals surface area contributed by atoms with E-state index in [2.05, 4.69) is 59.9 Å². The molecule has 0 saturated carbocycles. The van der Waals surface area contributed by atoms with Crippen LogP contribution in [0.1, 0.15) is 40.5 Å². The summed E-state index contributed by atoms with van der Waals surface area (Å²) in [5.41, 5.74) is 1.03. The second kappa shape index (κ2) is 5.28. The number of anilines is 1. The molecule has 1 aliphatic rings. The van der Waals surface area contributed by atoms with Crippen LogP contribution in [0.15, 0.2) is 6.20 Å².